The van der Waals surface area contributed by atoms with Crippen LogP contribution in [0.3, 0.4) is 0 Å². The van der Waals surface area contributed by atoms with Gasteiger partial charge in [-0.3, -0.25) is 37.3 Å². The number of ether oxygens (including phenoxy) is 4. The number of carbonyl (C=O) groups is 4. The molecule has 0 bridgehead atoms. The molecule has 5 unspecified atom stereocenters. The fraction of sp³-hybridized carbons (Fsp3) is 0.662. The summed E-state index contributed by atoms with van der Waals surface area (Å²) in [7, 11) is -9.98. The molecular formula is C77H128O17P2. The predicted octanol–water partition coefficient (Wildman–Crippen LogP) is 20.5. The number of aliphatic hydroxyl groups excluding tert-OH is 1. The largest absolute Gasteiger partial charge is 0.472 e. The third kappa shape index (κ3) is 67.8. The highest BCUT2D eigenvalue weighted by Crippen LogP contribution is 2.45. The molecule has 19 heteroatoms. The molecule has 96 heavy (non-hydrogen) atoms. The number of phosphoric acid groups is 2. The van der Waals surface area contributed by atoms with Crippen molar-refractivity contribution < 1.29 is 80.2 Å². The van der Waals surface area contributed by atoms with E-state index in [0.29, 0.717) is 38.5 Å². The SMILES string of the molecule is CC/C=C\C/C=C\C/C=C\C/C=C\C/C=C\C/C=C\CCC(=O)OCC(COP(=O)(O)OCC(O)COP(=O)(O)OCC(COC(=O)CCCCCCC/C=C\CCCC)OC(=O)CCCCCCCCCCCCC)OC(=O)CCCC/C=C\C/C=C\C/C=C\C/C=C\CC. The van der Waals surface area contributed by atoms with Crippen molar-refractivity contribution in [1.29, 1.82) is 0 Å². The van der Waals surface area contributed by atoms with Crippen molar-refractivity contribution in [3.05, 3.63) is 134 Å². The maximum atomic E-state index is 13.0. The minimum atomic E-state index is -5.00. The van der Waals surface area contributed by atoms with Gasteiger partial charge in [0.15, 0.2) is 12.2 Å². The molecule has 0 aromatic rings. The molecule has 0 heterocycles. The number of hydrogen-bond acceptors (Lipinski definition) is 15. The van der Waals surface area contributed by atoms with Gasteiger partial charge in [0.2, 0.25) is 0 Å². The van der Waals surface area contributed by atoms with E-state index in [4.69, 9.17) is 37.0 Å². The smallest absolute Gasteiger partial charge is 0.462 e. The Labute approximate surface area is 580 Å². The normalized spacial score (nSPS) is 14.8. The number of phosphoric ester groups is 2. The molecule has 0 rings (SSSR count). The first-order valence-electron chi connectivity index (χ1n) is 36.4. The molecule has 0 saturated heterocycles. The zero-order valence-electron chi connectivity index (χ0n) is 59.5. The number of aliphatic hydroxyl groups is 1. The van der Waals surface area contributed by atoms with Gasteiger partial charge in [-0.15, -0.1) is 0 Å². The summed E-state index contributed by atoms with van der Waals surface area (Å²) in [6, 6.07) is 0. The summed E-state index contributed by atoms with van der Waals surface area (Å²) in [6.45, 7) is 4.43. The summed E-state index contributed by atoms with van der Waals surface area (Å²) < 4.78 is 68.1. The Morgan fingerprint density at radius 2 is 0.573 bits per heavy atom. The third-order valence-corrected chi connectivity index (χ3v) is 16.5. The zero-order valence-corrected chi connectivity index (χ0v) is 61.3. The second-order valence-electron chi connectivity index (χ2n) is 23.8. The molecule has 0 amide bonds. The first-order chi connectivity index (χ1) is 46.7. The Bertz CT molecular complexity index is 2350. The van der Waals surface area contributed by atoms with Gasteiger partial charge in [0.25, 0.3) is 0 Å². The molecule has 0 aliphatic rings. The Kier molecular flexibility index (Phi) is 65.3. The number of hydrogen-bond donors (Lipinski definition) is 3. The van der Waals surface area contributed by atoms with Gasteiger partial charge < -0.3 is 33.8 Å². The van der Waals surface area contributed by atoms with Crippen LogP contribution in [0, 0.1) is 0 Å². The fourth-order valence-corrected chi connectivity index (χ4v) is 10.7. The van der Waals surface area contributed by atoms with Gasteiger partial charge in [0, 0.05) is 25.7 Å². The lowest BCUT2D eigenvalue weighted by molar-refractivity contribution is -0.161. The van der Waals surface area contributed by atoms with Crippen LogP contribution in [0.1, 0.15) is 272 Å². The minimum Gasteiger partial charge on any atom is -0.462 e. The van der Waals surface area contributed by atoms with Crippen LogP contribution < -0.4 is 0 Å². The lowest BCUT2D eigenvalue weighted by Crippen LogP contribution is -2.30. The first kappa shape index (κ1) is 91.2. The van der Waals surface area contributed by atoms with Gasteiger partial charge in [0.05, 0.1) is 26.4 Å². The van der Waals surface area contributed by atoms with Crippen LogP contribution in [0.2, 0.25) is 0 Å². The van der Waals surface area contributed by atoms with Crippen molar-refractivity contribution >= 4 is 39.5 Å². The average molecular weight is 1390 g/mol. The van der Waals surface area contributed by atoms with Crippen molar-refractivity contribution in [3.63, 3.8) is 0 Å². The van der Waals surface area contributed by atoms with E-state index in [1.165, 1.54) is 51.4 Å². The minimum absolute atomic E-state index is 0.0233. The molecule has 0 saturated carbocycles. The summed E-state index contributed by atoms with van der Waals surface area (Å²) in [4.78, 5) is 72.6. The Morgan fingerprint density at radius 3 is 0.958 bits per heavy atom. The monoisotopic (exact) mass is 1390 g/mol. The zero-order chi connectivity index (χ0) is 70.4. The molecule has 0 fully saturated rings. The number of unbranched alkanes of at least 4 members (excludes halogenated alkanes) is 19. The number of carbonyl (C=O) groups excluding carboxylic acids is 4. The molecule has 0 aromatic heterocycles. The van der Waals surface area contributed by atoms with Gasteiger partial charge in [-0.25, -0.2) is 9.13 Å². The summed E-state index contributed by atoms with van der Waals surface area (Å²) in [5.74, 6) is -2.34. The van der Waals surface area contributed by atoms with E-state index in [0.717, 1.165) is 128 Å². The molecule has 0 aliphatic carbocycles. The summed E-state index contributed by atoms with van der Waals surface area (Å²) in [5, 5.41) is 10.6. The predicted molar refractivity (Wildman–Crippen MR) is 390 cm³/mol. The van der Waals surface area contributed by atoms with Crippen LogP contribution in [-0.2, 0) is 65.4 Å². The van der Waals surface area contributed by atoms with Gasteiger partial charge in [-0.05, 0) is 122 Å². The van der Waals surface area contributed by atoms with Crippen molar-refractivity contribution in [1.82, 2.24) is 0 Å². The van der Waals surface area contributed by atoms with Gasteiger partial charge in [0.1, 0.15) is 19.3 Å². The lowest BCUT2D eigenvalue weighted by atomic mass is 10.1. The molecule has 3 N–H and O–H groups in total. The molecule has 0 aromatic carbocycles. The van der Waals surface area contributed by atoms with E-state index >= 15 is 0 Å². The Hall–Kier alpha value is -4.80. The van der Waals surface area contributed by atoms with Crippen LogP contribution in [-0.4, -0.2) is 96.7 Å². The molecule has 0 aliphatic heterocycles. The van der Waals surface area contributed by atoms with Crippen LogP contribution in [0.25, 0.3) is 0 Å². The topological polar surface area (TPSA) is 237 Å². The van der Waals surface area contributed by atoms with E-state index in [1.54, 1.807) is 0 Å². The van der Waals surface area contributed by atoms with Crippen LogP contribution in [0.15, 0.2) is 134 Å². The average Bonchev–Trinajstić information content (AvgIpc) is 1.41. The number of allylic oxidation sites excluding steroid dienone is 22. The second kappa shape index (κ2) is 68.7. The lowest BCUT2D eigenvalue weighted by Gasteiger charge is -2.21. The van der Waals surface area contributed by atoms with Gasteiger partial charge in [-0.2, -0.15) is 0 Å². The standard InChI is InChI=1S/C77H128O17P2/c1-5-9-13-17-21-25-29-31-33-34-35-36-38-39-43-46-50-54-58-62-75(80)88-68-73(94-77(82)64-60-56-52-48-44-40-37-32-30-26-22-18-14-10-6-2)70-92-96(85,86)90-66-71(78)65-89-95(83,84)91-69-72(93-76(81)63-59-55-51-47-42-28-24-20-16-12-8-4)67-87-74(79)61-57-53-49-45-41-27-23-19-15-11-7-3/h9-10,13-14,19,21-23,25-26,31-33,35-37,39,43-44,48,50,54,71-73,78H,5-8,11-12,15-18,20,24,27-30,34,38,40-42,45-47,49,51-53,55-70H2,1-4H3,(H,83,84)(H,85,86)/b13-9-,14-10-,23-19-,25-21-,26-22-,33-31-,36-35-,37-32-,43-39-,48-44-,54-50-. The van der Waals surface area contributed by atoms with Crippen molar-refractivity contribution in [2.45, 2.75) is 290 Å². The van der Waals surface area contributed by atoms with Crippen molar-refractivity contribution in [2.24, 2.45) is 0 Å². The van der Waals surface area contributed by atoms with Crippen molar-refractivity contribution in [2.75, 3.05) is 39.6 Å². The highest BCUT2D eigenvalue weighted by molar-refractivity contribution is 7.47. The van der Waals surface area contributed by atoms with Gasteiger partial charge >= 0.3 is 39.5 Å². The summed E-state index contributed by atoms with van der Waals surface area (Å²) in [5.41, 5.74) is 0. The molecule has 5 atom stereocenters. The highest BCUT2D eigenvalue weighted by atomic mass is 31.2. The highest BCUT2D eigenvalue weighted by Gasteiger charge is 2.30. The van der Waals surface area contributed by atoms with Crippen molar-refractivity contribution in [3.8, 4) is 0 Å². The van der Waals surface area contributed by atoms with E-state index in [1.807, 2.05) is 24.3 Å². The second-order valence-corrected chi connectivity index (χ2v) is 26.7. The molecule has 17 nitrogen and oxygen atoms in total. The van der Waals surface area contributed by atoms with Crippen LogP contribution in [0.5, 0.6) is 0 Å². The quantitative estimate of drug-likeness (QED) is 0.0169. The summed E-state index contributed by atoms with van der Waals surface area (Å²) >= 11 is 0. The van der Waals surface area contributed by atoms with Crippen LogP contribution >= 0.6 is 15.6 Å². The first-order valence-corrected chi connectivity index (χ1v) is 39.4. The number of rotatable bonds is 67. The molecule has 0 spiro atoms. The van der Waals surface area contributed by atoms with E-state index < -0.39 is 97.5 Å². The summed E-state index contributed by atoms with van der Waals surface area (Å²) in [6.07, 6.45) is 74.9. The number of esters is 4. The van der Waals surface area contributed by atoms with E-state index in [-0.39, 0.29) is 25.7 Å². The third-order valence-electron chi connectivity index (χ3n) is 14.6. The Morgan fingerprint density at radius 1 is 0.302 bits per heavy atom. The van der Waals surface area contributed by atoms with Crippen LogP contribution in [0.4, 0.5) is 0 Å². The maximum Gasteiger partial charge on any atom is 0.472 e. The van der Waals surface area contributed by atoms with Gasteiger partial charge in [-0.1, -0.05) is 258 Å². The van der Waals surface area contributed by atoms with E-state index in [9.17, 15) is 43.2 Å². The maximum absolute atomic E-state index is 13.0. The van der Waals surface area contributed by atoms with E-state index in [2.05, 4.69) is 137 Å². The molecule has 0 radical (unpaired) electrons. The Balaban J connectivity index is 5.43. The molecular weight excluding hydrogens is 1260 g/mol. The molecule has 548 valence electrons. The fourth-order valence-electron chi connectivity index (χ4n) is 9.10.